The van der Waals surface area contributed by atoms with Gasteiger partial charge in [-0.3, -0.25) is 4.79 Å². The van der Waals surface area contributed by atoms with E-state index in [9.17, 15) is 9.59 Å². The predicted octanol–water partition coefficient (Wildman–Crippen LogP) is 2.14. The summed E-state index contributed by atoms with van der Waals surface area (Å²) in [5.74, 6) is 0.0533. The highest BCUT2D eigenvalue weighted by Gasteiger charge is 2.28. The minimum atomic E-state index is -0.534. The first-order chi connectivity index (χ1) is 5.42. The van der Waals surface area contributed by atoms with E-state index in [-0.39, 0.29) is 12.2 Å². The van der Waals surface area contributed by atoms with Crippen molar-refractivity contribution in [2.24, 2.45) is 5.41 Å². The molecule has 0 aliphatic carbocycles. The molecule has 0 aromatic rings. The average Bonchev–Trinajstić information content (AvgIpc) is 1.85. The van der Waals surface area contributed by atoms with Gasteiger partial charge in [0.1, 0.15) is 12.1 Å². The fourth-order valence-electron chi connectivity index (χ4n) is 1.19. The van der Waals surface area contributed by atoms with Crippen molar-refractivity contribution >= 4 is 12.1 Å². The fraction of sp³-hybridized carbons (Fsp3) is 0.600. The zero-order chi connectivity index (χ0) is 9.78. The van der Waals surface area contributed by atoms with Crippen LogP contribution in [-0.4, -0.2) is 12.1 Å². The van der Waals surface area contributed by atoms with Crippen molar-refractivity contribution in [3.8, 4) is 0 Å². The molecule has 68 valence electrons. The summed E-state index contributed by atoms with van der Waals surface area (Å²) in [7, 11) is 0. The third kappa shape index (κ3) is 2.99. The molecule has 0 radical (unpaired) electrons. The van der Waals surface area contributed by atoms with Gasteiger partial charge in [0.2, 0.25) is 0 Å². The highest BCUT2D eigenvalue weighted by atomic mass is 16.1. The van der Waals surface area contributed by atoms with Gasteiger partial charge in [0.15, 0.2) is 0 Å². The lowest BCUT2D eigenvalue weighted by Crippen LogP contribution is -2.26. The molecule has 2 heteroatoms. The highest BCUT2D eigenvalue weighted by Crippen LogP contribution is 2.29. The average molecular weight is 168 g/mol. The first-order valence-corrected chi connectivity index (χ1v) is 4.01. The van der Waals surface area contributed by atoms with E-state index in [1.165, 1.54) is 6.92 Å². The van der Waals surface area contributed by atoms with E-state index in [1.807, 2.05) is 6.92 Å². The Labute approximate surface area is 73.7 Å². The minimum absolute atomic E-state index is 0.0533. The van der Waals surface area contributed by atoms with Gasteiger partial charge in [-0.1, -0.05) is 12.5 Å². The van der Waals surface area contributed by atoms with Crippen molar-refractivity contribution in [3.63, 3.8) is 0 Å². The number of Topliss-reactive ketones (excluding diaryl/α,β-unsaturated/α-hetero) is 1. The Morgan fingerprint density at radius 2 is 2.00 bits per heavy atom. The Kier molecular flexibility index (Phi) is 3.87. The maximum absolute atomic E-state index is 11.2. The lowest BCUT2D eigenvalue weighted by Gasteiger charge is -2.24. The molecule has 0 rings (SSSR count). The number of ketones is 1. The third-order valence-electron chi connectivity index (χ3n) is 2.08. The molecule has 0 aliphatic rings. The van der Waals surface area contributed by atoms with Crippen LogP contribution in [0.1, 0.15) is 33.6 Å². The number of rotatable bonds is 5. The second-order valence-electron chi connectivity index (χ2n) is 3.62. The van der Waals surface area contributed by atoms with Crippen LogP contribution in [0.4, 0.5) is 0 Å². The first kappa shape index (κ1) is 11.1. The van der Waals surface area contributed by atoms with Crippen LogP contribution in [0.25, 0.3) is 0 Å². The maximum atomic E-state index is 11.2. The number of allylic oxidation sites excluding steroid dienone is 1. The zero-order valence-electron chi connectivity index (χ0n) is 8.02. The molecule has 0 bridgehead atoms. The number of carbonyl (C=O) groups excluding carboxylic acids is 2. The molecule has 0 unspecified atom stereocenters. The molecule has 0 aromatic carbocycles. The number of hydrogen-bond acceptors (Lipinski definition) is 2. The Morgan fingerprint density at radius 1 is 1.50 bits per heavy atom. The quantitative estimate of drug-likeness (QED) is 0.465. The van der Waals surface area contributed by atoms with Gasteiger partial charge in [0, 0.05) is 11.8 Å². The number of hydrogen-bond donors (Lipinski definition) is 0. The second kappa shape index (κ2) is 4.19. The molecular formula is C10H16O2. The predicted molar refractivity (Wildman–Crippen MR) is 48.9 cm³/mol. The van der Waals surface area contributed by atoms with Crippen molar-refractivity contribution in [1.82, 2.24) is 0 Å². The van der Waals surface area contributed by atoms with Gasteiger partial charge in [-0.15, -0.1) is 6.58 Å². The summed E-state index contributed by atoms with van der Waals surface area (Å²) in [6.45, 7) is 8.93. The van der Waals surface area contributed by atoms with E-state index < -0.39 is 5.41 Å². The topological polar surface area (TPSA) is 34.1 Å². The van der Waals surface area contributed by atoms with Gasteiger partial charge in [0.25, 0.3) is 0 Å². The van der Waals surface area contributed by atoms with Gasteiger partial charge in [-0.25, -0.2) is 0 Å². The lowest BCUT2D eigenvalue weighted by atomic mass is 9.78. The normalized spacial score (nSPS) is 14.9. The van der Waals surface area contributed by atoms with E-state index in [1.54, 1.807) is 6.92 Å². The monoisotopic (exact) mass is 168 g/mol. The standard InChI is InChI=1S/C10H16O2/c1-8(2)7-10(4,5-6-11)9(3)12/h6H,1,5,7H2,2-4H3/t10-/m0/s1. The summed E-state index contributed by atoms with van der Waals surface area (Å²) in [4.78, 5) is 21.5. The van der Waals surface area contributed by atoms with Crippen LogP contribution in [0.2, 0.25) is 0 Å². The van der Waals surface area contributed by atoms with Gasteiger partial charge < -0.3 is 4.79 Å². The van der Waals surface area contributed by atoms with Crippen LogP contribution in [-0.2, 0) is 9.59 Å². The molecule has 0 fully saturated rings. The Balaban J connectivity index is 4.49. The van der Waals surface area contributed by atoms with Gasteiger partial charge in [-0.2, -0.15) is 0 Å². The van der Waals surface area contributed by atoms with Crippen LogP contribution in [0.15, 0.2) is 12.2 Å². The van der Waals surface area contributed by atoms with Crippen LogP contribution in [0.5, 0.6) is 0 Å². The summed E-state index contributed by atoms with van der Waals surface area (Å²) in [6, 6.07) is 0. The summed E-state index contributed by atoms with van der Waals surface area (Å²) in [5.41, 5.74) is 0.405. The largest absolute Gasteiger partial charge is 0.303 e. The van der Waals surface area contributed by atoms with Crippen LogP contribution in [0.3, 0.4) is 0 Å². The summed E-state index contributed by atoms with van der Waals surface area (Å²) in [6.07, 6.45) is 1.68. The highest BCUT2D eigenvalue weighted by molar-refractivity contribution is 5.84. The number of aldehydes is 1. The molecule has 0 spiro atoms. The Bertz CT molecular complexity index is 206. The maximum Gasteiger partial charge on any atom is 0.136 e. The van der Waals surface area contributed by atoms with Crippen molar-refractivity contribution < 1.29 is 9.59 Å². The fourth-order valence-corrected chi connectivity index (χ4v) is 1.19. The van der Waals surface area contributed by atoms with E-state index in [2.05, 4.69) is 6.58 Å². The molecule has 1 atom stereocenters. The summed E-state index contributed by atoms with van der Waals surface area (Å²) < 4.78 is 0. The minimum Gasteiger partial charge on any atom is -0.303 e. The van der Waals surface area contributed by atoms with E-state index in [0.29, 0.717) is 6.42 Å². The molecule has 0 N–H and O–H groups in total. The van der Waals surface area contributed by atoms with Crippen molar-refractivity contribution in [1.29, 1.82) is 0 Å². The van der Waals surface area contributed by atoms with E-state index in [4.69, 9.17) is 0 Å². The van der Waals surface area contributed by atoms with Crippen LogP contribution < -0.4 is 0 Å². The molecule has 2 nitrogen and oxygen atoms in total. The molecule has 0 saturated carbocycles. The Morgan fingerprint density at radius 3 is 2.25 bits per heavy atom. The van der Waals surface area contributed by atoms with Crippen LogP contribution in [0, 0.1) is 5.41 Å². The Hall–Kier alpha value is -0.920. The molecule has 12 heavy (non-hydrogen) atoms. The van der Waals surface area contributed by atoms with Crippen molar-refractivity contribution in [3.05, 3.63) is 12.2 Å². The van der Waals surface area contributed by atoms with E-state index >= 15 is 0 Å². The molecule has 0 amide bonds. The van der Waals surface area contributed by atoms with Crippen molar-refractivity contribution in [2.75, 3.05) is 0 Å². The van der Waals surface area contributed by atoms with Gasteiger partial charge >= 0.3 is 0 Å². The van der Waals surface area contributed by atoms with Crippen LogP contribution >= 0.6 is 0 Å². The summed E-state index contributed by atoms with van der Waals surface area (Å²) >= 11 is 0. The first-order valence-electron chi connectivity index (χ1n) is 4.01. The lowest BCUT2D eigenvalue weighted by molar-refractivity contribution is -0.128. The number of carbonyl (C=O) groups is 2. The molecule has 0 heterocycles. The third-order valence-corrected chi connectivity index (χ3v) is 2.08. The van der Waals surface area contributed by atoms with Gasteiger partial charge in [0.05, 0.1) is 0 Å². The SMILES string of the molecule is C=C(C)C[C@](C)(CC=O)C(C)=O. The van der Waals surface area contributed by atoms with Gasteiger partial charge in [-0.05, 0) is 20.3 Å². The smallest absolute Gasteiger partial charge is 0.136 e. The molecular weight excluding hydrogens is 152 g/mol. The van der Waals surface area contributed by atoms with E-state index in [0.717, 1.165) is 11.9 Å². The van der Waals surface area contributed by atoms with Crippen molar-refractivity contribution in [2.45, 2.75) is 33.6 Å². The second-order valence-corrected chi connectivity index (χ2v) is 3.62. The molecule has 0 aliphatic heterocycles. The zero-order valence-corrected chi connectivity index (χ0v) is 8.02. The molecule has 0 saturated heterocycles. The molecule has 0 aromatic heterocycles. The summed E-state index contributed by atoms with van der Waals surface area (Å²) in [5, 5.41) is 0.